The van der Waals surface area contributed by atoms with Crippen molar-refractivity contribution >= 4 is 27.5 Å². The van der Waals surface area contributed by atoms with Gasteiger partial charge in [0.2, 0.25) is 5.91 Å². The normalized spacial score (nSPS) is 18.8. The summed E-state index contributed by atoms with van der Waals surface area (Å²) in [5.74, 6) is 0.520. The zero-order chi connectivity index (χ0) is 14.8. The number of aromatic nitrogens is 1. The number of hydrogen-bond donors (Lipinski definition) is 0. The molecular weight excluding hydrogens is 280 g/mol. The zero-order valence-electron chi connectivity index (χ0n) is 12.5. The van der Waals surface area contributed by atoms with Crippen molar-refractivity contribution in [1.29, 1.82) is 0 Å². The lowest BCUT2D eigenvalue weighted by Crippen LogP contribution is -2.38. The van der Waals surface area contributed by atoms with Crippen molar-refractivity contribution in [3.05, 3.63) is 40.9 Å². The zero-order valence-corrected chi connectivity index (χ0v) is 13.3. The summed E-state index contributed by atoms with van der Waals surface area (Å²) in [6.07, 6.45) is 3.92. The first-order valence-electron chi connectivity index (χ1n) is 7.43. The van der Waals surface area contributed by atoms with E-state index in [1.807, 2.05) is 24.8 Å². The van der Waals surface area contributed by atoms with Crippen molar-refractivity contribution in [3.63, 3.8) is 0 Å². The molecular formula is C17H20N2OS. The third-order valence-corrected chi connectivity index (χ3v) is 5.00. The maximum absolute atomic E-state index is 12.2. The Bertz CT molecular complexity index is 652. The van der Waals surface area contributed by atoms with Crippen LogP contribution in [-0.4, -0.2) is 28.9 Å². The number of likely N-dealkylation sites (tertiary alicyclic amines) is 1. The molecule has 110 valence electrons. The van der Waals surface area contributed by atoms with Crippen LogP contribution in [-0.2, 0) is 4.79 Å². The summed E-state index contributed by atoms with van der Waals surface area (Å²) >= 11 is 1.77. The lowest BCUT2D eigenvalue weighted by Gasteiger charge is -2.31. The average Bonchev–Trinajstić information content (AvgIpc) is 2.90. The Morgan fingerprint density at radius 2 is 2.19 bits per heavy atom. The molecule has 21 heavy (non-hydrogen) atoms. The summed E-state index contributed by atoms with van der Waals surface area (Å²) in [5, 5.41) is 1.17. The van der Waals surface area contributed by atoms with Crippen LogP contribution in [0, 0.1) is 0 Å². The van der Waals surface area contributed by atoms with Gasteiger partial charge in [0.25, 0.3) is 0 Å². The van der Waals surface area contributed by atoms with E-state index < -0.39 is 0 Å². The van der Waals surface area contributed by atoms with Gasteiger partial charge < -0.3 is 4.90 Å². The van der Waals surface area contributed by atoms with Gasteiger partial charge in [0.1, 0.15) is 0 Å². The molecule has 1 aromatic heterocycles. The second kappa shape index (κ2) is 5.98. The van der Waals surface area contributed by atoms with Crippen molar-refractivity contribution in [3.8, 4) is 0 Å². The molecule has 1 atom stereocenters. The predicted molar refractivity (Wildman–Crippen MR) is 87.6 cm³/mol. The number of nitrogens with zero attached hydrogens (tertiary/aromatic N) is 2. The first-order chi connectivity index (χ1) is 10.1. The maximum atomic E-state index is 12.2. The molecule has 1 amide bonds. The molecule has 0 saturated carbocycles. The fourth-order valence-corrected chi connectivity index (χ4v) is 3.87. The van der Waals surface area contributed by atoms with Crippen LogP contribution < -0.4 is 0 Å². The van der Waals surface area contributed by atoms with Crippen molar-refractivity contribution in [2.45, 2.75) is 32.6 Å². The van der Waals surface area contributed by atoms with E-state index in [9.17, 15) is 4.79 Å². The van der Waals surface area contributed by atoms with E-state index >= 15 is 0 Å². The molecule has 0 aliphatic carbocycles. The lowest BCUT2D eigenvalue weighted by molar-refractivity contribution is -0.127. The topological polar surface area (TPSA) is 33.2 Å². The number of para-hydroxylation sites is 1. The van der Waals surface area contributed by atoms with Gasteiger partial charge in [0.05, 0.1) is 15.2 Å². The molecule has 0 radical (unpaired) electrons. The molecule has 0 unspecified atom stereocenters. The minimum Gasteiger partial charge on any atom is -0.338 e. The van der Waals surface area contributed by atoms with Crippen LogP contribution in [0.15, 0.2) is 35.9 Å². The van der Waals surface area contributed by atoms with E-state index in [2.05, 4.69) is 18.2 Å². The second-order valence-corrected chi connectivity index (χ2v) is 6.93. The molecule has 3 rings (SSSR count). The number of fused-ring (bicyclic) bond motifs is 1. The highest BCUT2D eigenvalue weighted by molar-refractivity contribution is 7.18. The first kappa shape index (κ1) is 14.3. The van der Waals surface area contributed by atoms with Gasteiger partial charge in [-0.15, -0.1) is 11.3 Å². The van der Waals surface area contributed by atoms with Gasteiger partial charge in [-0.2, -0.15) is 0 Å². The molecule has 0 bridgehead atoms. The molecule has 2 aromatic rings. The smallest absolute Gasteiger partial charge is 0.246 e. The Morgan fingerprint density at radius 3 is 2.95 bits per heavy atom. The van der Waals surface area contributed by atoms with Crippen LogP contribution in [0.2, 0.25) is 0 Å². The van der Waals surface area contributed by atoms with Crippen LogP contribution >= 0.6 is 11.3 Å². The Kier molecular flexibility index (Phi) is 4.06. The maximum Gasteiger partial charge on any atom is 0.246 e. The lowest BCUT2D eigenvalue weighted by atomic mass is 9.98. The van der Waals surface area contributed by atoms with Gasteiger partial charge >= 0.3 is 0 Å². The van der Waals surface area contributed by atoms with E-state index in [1.54, 1.807) is 17.4 Å². The van der Waals surface area contributed by atoms with Crippen LogP contribution in [0.3, 0.4) is 0 Å². The molecule has 1 aliphatic rings. The van der Waals surface area contributed by atoms with E-state index in [0.717, 1.165) is 37.0 Å². The average molecular weight is 300 g/mol. The minimum atomic E-state index is 0.140. The van der Waals surface area contributed by atoms with E-state index in [4.69, 9.17) is 4.98 Å². The highest BCUT2D eigenvalue weighted by atomic mass is 32.1. The van der Waals surface area contributed by atoms with E-state index in [-0.39, 0.29) is 5.91 Å². The molecule has 1 aliphatic heterocycles. The Hall–Kier alpha value is -1.68. The summed E-state index contributed by atoms with van der Waals surface area (Å²) in [6.45, 7) is 5.59. The number of allylic oxidation sites excluding steroid dienone is 1. The van der Waals surface area contributed by atoms with Gasteiger partial charge in [0.15, 0.2) is 0 Å². The first-order valence-corrected chi connectivity index (χ1v) is 8.24. The SMILES string of the molecule is CC(C)=CC(=O)N1CCC[C@H](c2nc3ccccc3s2)C1. The van der Waals surface area contributed by atoms with Crippen molar-refractivity contribution in [1.82, 2.24) is 9.88 Å². The van der Waals surface area contributed by atoms with Gasteiger partial charge in [-0.3, -0.25) is 4.79 Å². The largest absolute Gasteiger partial charge is 0.338 e. The number of piperidine rings is 1. The van der Waals surface area contributed by atoms with Gasteiger partial charge in [-0.1, -0.05) is 17.7 Å². The van der Waals surface area contributed by atoms with E-state index in [1.165, 1.54) is 9.71 Å². The predicted octanol–water partition coefficient (Wildman–Crippen LogP) is 3.97. The molecule has 0 spiro atoms. The van der Waals surface area contributed by atoms with Crippen molar-refractivity contribution < 1.29 is 4.79 Å². The number of thiazole rings is 1. The summed E-state index contributed by atoms with van der Waals surface area (Å²) in [7, 11) is 0. The standard InChI is InChI=1S/C17H20N2OS/c1-12(2)10-16(20)19-9-5-6-13(11-19)17-18-14-7-3-4-8-15(14)21-17/h3-4,7-8,10,13H,5-6,9,11H2,1-2H3/t13-/m0/s1. The number of rotatable bonds is 2. The Balaban J connectivity index is 1.79. The molecule has 3 nitrogen and oxygen atoms in total. The summed E-state index contributed by atoms with van der Waals surface area (Å²) in [5.41, 5.74) is 2.13. The number of carbonyl (C=O) groups excluding carboxylic acids is 1. The molecule has 1 fully saturated rings. The summed E-state index contributed by atoms with van der Waals surface area (Å²) in [6, 6.07) is 8.25. The fourth-order valence-electron chi connectivity index (χ4n) is 2.78. The van der Waals surface area contributed by atoms with Gasteiger partial charge in [-0.05, 0) is 38.8 Å². The van der Waals surface area contributed by atoms with Crippen molar-refractivity contribution in [2.75, 3.05) is 13.1 Å². The van der Waals surface area contributed by atoms with Crippen molar-refractivity contribution in [2.24, 2.45) is 0 Å². The Morgan fingerprint density at radius 1 is 1.38 bits per heavy atom. The number of hydrogen-bond acceptors (Lipinski definition) is 3. The molecule has 1 aromatic carbocycles. The highest BCUT2D eigenvalue weighted by Gasteiger charge is 2.26. The van der Waals surface area contributed by atoms with Gasteiger partial charge in [0, 0.05) is 25.1 Å². The molecule has 0 N–H and O–H groups in total. The van der Waals surface area contributed by atoms with Crippen LogP contribution in [0.25, 0.3) is 10.2 Å². The monoisotopic (exact) mass is 300 g/mol. The third-order valence-electron chi connectivity index (χ3n) is 3.80. The van der Waals surface area contributed by atoms with Crippen LogP contribution in [0.1, 0.15) is 37.6 Å². The molecule has 1 saturated heterocycles. The second-order valence-electron chi connectivity index (χ2n) is 5.86. The number of benzene rings is 1. The van der Waals surface area contributed by atoms with Gasteiger partial charge in [-0.25, -0.2) is 4.98 Å². The fraction of sp³-hybridized carbons (Fsp3) is 0.412. The van der Waals surface area contributed by atoms with Crippen LogP contribution in [0.4, 0.5) is 0 Å². The summed E-state index contributed by atoms with van der Waals surface area (Å²) < 4.78 is 1.24. The van der Waals surface area contributed by atoms with E-state index in [0.29, 0.717) is 5.92 Å². The van der Waals surface area contributed by atoms with Crippen LogP contribution in [0.5, 0.6) is 0 Å². The Labute approximate surface area is 129 Å². The number of carbonyl (C=O) groups is 1. The quantitative estimate of drug-likeness (QED) is 0.786. The molecule has 2 heterocycles. The minimum absolute atomic E-state index is 0.140. The number of amides is 1. The third kappa shape index (κ3) is 3.16. The molecule has 4 heteroatoms. The summed E-state index contributed by atoms with van der Waals surface area (Å²) in [4.78, 5) is 18.9. The highest BCUT2D eigenvalue weighted by Crippen LogP contribution is 2.32.